The smallest absolute Gasteiger partial charge is 0.164 e. The van der Waals surface area contributed by atoms with Crippen LogP contribution < -0.4 is 9.47 Å². The Morgan fingerprint density at radius 3 is 2.65 bits per heavy atom. The average molecular weight is 359 g/mol. The zero-order chi connectivity index (χ0) is 19.3. The summed E-state index contributed by atoms with van der Waals surface area (Å²) in [5, 5.41) is 10.3. The number of ether oxygens (including phenoxy) is 2. The average Bonchev–Trinajstić information content (AvgIpc) is 2.63. The van der Waals surface area contributed by atoms with Gasteiger partial charge in [-0.05, 0) is 63.4 Å². The molecule has 0 radical (unpaired) electrons. The van der Waals surface area contributed by atoms with E-state index in [9.17, 15) is 5.11 Å². The summed E-state index contributed by atoms with van der Waals surface area (Å²) in [6, 6.07) is 3.58. The molecular weight excluding hydrogens is 324 g/mol. The number of benzene rings is 1. The Labute approximate surface area is 158 Å². The summed E-state index contributed by atoms with van der Waals surface area (Å²) in [5.74, 6) is 2.08. The van der Waals surface area contributed by atoms with Gasteiger partial charge in [-0.2, -0.15) is 0 Å². The fourth-order valence-corrected chi connectivity index (χ4v) is 3.84. The van der Waals surface area contributed by atoms with E-state index >= 15 is 0 Å². The standard InChI is InChI=1S/C23H34O3/c1-16(12-13-23(4)17(2)8-7-9-18(23)3)10-11-19-14-20(25-5)15-21(26-6)22(19)24/h8,10,14-15,18,24H,7,9,11-13H2,1-6H3/b16-10+. The van der Waals surface area contributed by atoms with E-state index in [1.165, 1.54) is 24.8 Å². The molecule has 0 bridgehead atoms. The van der Waals surface area contributed by atoms with E-state index in [2.05, 4.69) is 39.8 Å². The number of phenols is 1. The zero-order valence-corrected chi connectivity index (χ0v) is 17.2. The fourth-order valence-electron chi connectivity index (χ4n) is 3.84. The van der Waals surface area contributed by atoms with Gasteiger partial charge in [0.2, 0.25) is 0 Å². The van der Waals surface area contributed by atoms with Crippen molar-refractivity contribution in [2.75, 3.05) is 14.2 Å². The van der Waals surface area contributed by atoms with E-state index in [0.29, 0.717) is 23.3 Å². The van der Waals surface area contributed by atoms with Crippen LogP contribution in [0.3, 0.4) is 0 Å². The second kappa shape index (κ2) is 8.66. The van der Waals surface area contributed by atoms with Gasteiger partial charge >= 0.3 is 0 Å². The quantitative estimate of drug-likeness (QED) is 0.602. The Hall–Kier alpha value is -1.90. The van der Waals surface area contributed by atoms with Crippen LogP contribution in [-0.4, -0.2) is 19.3 Å². The van der Waals surface area contributed by atoms with Crippen molar-refractivity contribution in [2.45, 2.75) is 59.8 Å². The van der Waals surface area contributed by atoms with E-state index < -0.39 is 0 Å². The fraction of sp³-hybridized carbons (Fsp3) is 0.565. The van der Waals surface area contributed by atoms with Gasteiger partial charge < -0.3 is 14.6 Å². The summed E-state index contributed by atoms with van der Waals surface area (Å²) in [7, 11) is 3.18. The number of rotatable bonds is 7. The highest BCUT2D eigenvalue weighted by atomic mass is 16.5. The zero-order valence-electron chi connectivity index (χ0n) is 17.2. The lowest BCUT2D eigenvalue weighted by atomic mass is 9.65. The normalized spacial score (nSPS) is 23.5. The number of aromatic hydroxyl groups is 1. The minimum atomic E-state index is 0.198. The molecule has 0 aromatic heterocycles. The first-order valence-corrected chi connectivity index (χ1v) is 9.58. The maximum Gasteiger partial charge on any atom is 0.164 e. The molecule has 0 heterocycles. The molecule has 1 aliphatic carbocycles. The first kappa shape index (κ1) is 20.4. The maximum atomic E-state index is 10.3. The number of hydrogen-bond acceptors (Lipinski definition) is 3. The van der Waals surface area contributed by atoms with Crippen LogP contribution in [0.15, 0.2) is 35.4 Å². The van der Waals surface area contributed by atoms with Gasteiger partial charge in [0.05, 0.1) is 14.2 Å². The summed E-state index contributed by atoms with van der Waals surface area (Å²) >= 11 is 0. The predicted octanol–water partition coefficient (Wildman–Crippen LogP) is 6.06. The Balaban J connectivity index is 2.07. The van der Waals surface area contributed by atoms with Gasteiger partial charge in [0, 0.05) is 11.6 Å². The van der Waals surface area contributed by atoms with E-state index in [0.717, 1.165) is 17.9 Å². The Kier molecular flexibility index (Phi) is 6.80. The van der Waals surface area contributed by atoms with E-state index in [1.54, 1.807) is 25.9 Å². The SMILES string of the molecule is COc1cc(C/C=C(\C)CCC2(C)C(C)=CCCC2C)c(O)c(OC)c1. The summed E-state index contributed by atoms with van der Waals surface area (Å²) in [4.78, 5) is 0. The van der Waals surface area contributed by atoms with Gasteiger partial charge in [-0.25, -0.2) is 0 Å². The summed E-state index contributed by atoms with van der Waals surface area (Å²) in [5.41, 5.74) is 4.03. The third-order valence-corrected chi connectivity index (χ3v) is 6.33. The van der Waals surface area contributed by atoms with Gasteiger partial charge in [0.25, 0.3) is 0 Å². The van der Waals surface area contributed by atoms with Gasteiger partial charge in [-0.1, -0.05) is 37.1 Å². The largest absolute Gasteiger partial charge is 0.504 e. The first-order valence-electron chi connectivity index (χ1n) is 9.58. The minimum absolute atomic E-state index is 0.198. The van der Waals surface area contributed by atoms with E-state index in [-0.39, 0.29) is 5.75 Å². The van der Waals surface area contributed by atoms with Crippen LogP contribution in [-0.2, 0) is 6.42 Å². The van der Waals surface area contributed by atoms with E-state index in [4.69, 9.17) is 9.47 Å². The molecule has 1 N–H and O–H groups in total. The Morgan fingerprint density at radius 1 is 1.31 bits per heavy atom. The van der Waals surface area contributed by atoms with Gasteiger partial charge in [0.15, 0.2) is 11.5 Å². The van der Waals surface area contributed by atoms with Crippen LogP contribution in [0.5, 0.6) is 17.2 Å². The number of hydrogen-bond donors (Lipinski definition) is 1. The van der Waals surface area contributed by atoms with Crippen molar-refractivity contribution < 1.29 is 14.6 Å². The van der Waals surface area contributed by atoms with Crippen LogP contribution in [0, 0.1) is 11.3 Å². The maximum absolute atomic E-state index is 10.3. The van der Waals surface area contributed by atoms with Crippen molar-refractivity contribution in [3.63, 3.8) is 0 Å². The molecule has 26 heavy (non-hydrogen) atoms. The Bertz CT molecular complexity index is 687. The van der Waals surface area contributed by atoms with Crippen molar-refractivity contribution >= 4 is 0 Å². The molecule has 1 aromatic carbocycles. The van der Waals surface area contributed by atoms with Crippen LogP contribution in [0.4, 0.5) is 0 Å². The molecule has 2 unspecified atom stereocenters. The Morgan fingerprint density at radius 2 is 2.04 bits per heavy atom. The lowest BCUT2D eigenvalue weighted by Gasteiger charge is -2.40. The molecule has 0 saturated heterocycles. The molecule has 0 saturated carbocycles. The topological polar surface area (TPSA) is 38.7 Å². The number of methoxy groups -OCH3 is 2. The molecule has 0 amide bonds. The molecule has 3 nitrogen and oxygen atoms in total. The van der Waals surface area contributed by atoms with Crippen molar-refractivity contribution in [3.05, 3.63) is 41.0 Å². The van der Waals surface area contributed by atoms with Crippen LogP contribution in [0.2, 0.25) is 0 Å². The molecule has 1 aromatic rings. The molecule has 2 atom stereocenters. The van der Waals surface area contributed by atoms with Crippen molar-refractivity contribution in [1.29, 1.82) is 0 Å². The lowest BCUT2D eigenvalue weighted by molar-refractivity contribution is 0.211. The second-order valence-corrected chi connectivity index (χ2v) is 7.87. The van der Waals surface area contributed by atoms with Crippen molar-refractivity contribution in [1.82, 2.24) is 0 Å². The lowest BCUT2D eigenvalue weighted by Crippen LogP contribution is -2.29. The summed E-state index contributed by atoms with van der Waals surface area (Å²) in [6.45, 7) is 9.27. The molecule has 1 aliphatic rings. The third-order valence-electron chi connectivity index (χ3n) is 6.33. The monoisotopic (exact) mass is 358 g/mol. The molecule has 0 fully saturated rings. The predicted molar refractivity (Wildman–Crippen MR) is 108 cm³/mol. The molecule has 0 spiro atoms. The van der Waals surface area contributed by atoms with E-state index in [1.807, 2.05) is 6.07 Å². The third kappa shape index (κ3) is 4.44. The van der Waals surface area contributed by atoms with Crippen LogP contribution in [0.25, 0.3) is 0 Å². The molecule has 0 aliphatic heterocycles. The number of phenolic OH excluding ortho intramolecular Hbond substituents is 1. The highest BCUT2D eigenvalue weighted by molar-refractivity contribution is 5.51. The first-order chi connectivity index (χ1) is 12.3. The van der Waals surface area contributed by atoms with Crippen LogP contribution in [0.1, 0.15) is 58.9 Å². The molecule has 144 valence electrons. The summed E-state index contributed by atoms with van der Waals surface area (Å²) < 4.78 is 10.5. The summed E-state index contributed by atoms with van der Waals surface area (Å²) in [6.07, 6.45) is 10.1. The molecule has 3 heteroatoms. The highest BCUT2D eigenvalue weighted by Gasteiger charge is 2.34. The molecular formula is C23H34O3. The second-order valence-electron chi connectivity index (χ2n) is 7.87. The van der Waals surface area contributed by atoms with Crippen molar-refractivity contribution in [2.24, 2.45) is 11.3 Å². The van der Waals surface area contributed by atoms with Gasteiger partial charge in [-0.3, -0.25) is 0 Å². The minimum Gasteiger partial charge on any atom is -0.504 e. The molecule has 2 rings (SSSR count). The van der Waals surface area contributed by atoms with Crippen LogP contribution >= 0.6 is 0 Å². The van der Waals surface area contributed by atoms with Gasteiger partial charge in [-0.15, -0.1) is 0 Å². The number of allylic oxidation sites excluding steroid dienone is 4. The highest BCUT2D eigenvalue weighted by Crippen LogP contribution is 2.45. The van der Waals surface area contributed by atoms with Crippen molar-refractivity contribution in [3.8, 4) is 17.2 Å². The van der Waals surface area contributed by atoms with Gasteiger partial charge in [0.1, 0.15) is 5.75 Å².